The Bertz CT molecular complexity index is 1170. The largest absolute Gasteiger partial charge is 0.481 e. The first-order valence-corrected chi connectivity index (χ1v) is 37.8. The Kier molecular flexibility index (Phi) is 71.2. The average Bonchev–Trinajstić information content (AvgIpc) is 3.46. The standard InChI is InChI=1S/C77H150O3/c1-3-5-7-9-11-13-15-17-19-21-23-25-26-27-28-29-30-31-32-33-34-35-36-37-38-39-40-41-42-43-44-45-46-47-48-49-50-51-52-53-54-56-58-60-62-64-66-68-70-72-74-76(78)75(77(79)80)73-71-69-67-65-63-61-59-57-55-24-22-20-18-16-14-12-10-8-6-4-2/h31-32,46-47,75-76,78H,3-30,33-45,48-74H2,1-2H3,(H,79,80)/b32-31-,47-46+. The monoisotopic (exact) mass is 1120 g/mol. The van der Waals surface area contributed by atoms with Gasteiger partial charge in [-0.2, -0.15) is 0 Å². The van der Waals surface area contributed by atoms with E-state index in [0.29, 0.717) is 12.8 Å². The second-order valence-electron chi connectivity index (χ2n) is 26.4. The van der Waals surface area contributed by atoms with Crippen molar-refractivity contribution in [1.29, 1.82) is 0 Å². The molecule has 0 aliphatic rings. The zero-order valence-corrected chi connectivity index (χ0v) is 55.4. The summed E-state index contributed by atoms with van der Waals surface area (Å²) in [7, 11) is 0. The maximum absolute atomic E-state index is 11.9. The lowest BCUT2D eigenvalue weighted by atomic mass is 9.91. The molecule has 0 radical (unpaired) electrons. The minimum absolute atomic E-state index is 0.584. The Morgan fingerprint density at radius 1 is 0.237 bits per heavy atom. The van der Waals surface area contributed by atoms with E-state index in [1.54, 1.807) is 0 Å². The van der Waals surface area contributed by atoms with Gasteiger partial charge in [0.1, 0.15) is 0 Å². The van der Waals surface area contributed by atoms with E-state index in [1.807, 2.05) is 0 Å². The minimum Gasteiger partial charge on any atom is -0.481 e. The number of aliphatic hydroxyl groups excluding tert-OH is 1. The van der Waals surface area contributed by atoms with Crippen LogP contribution in [0.1, 0.15) is 450 Å². The Labute approximate surface area is 505 Å². The number of hydrogen-bond donors (Lipinski definition) is 2. The second kappa shape index (κ2) is 72.2. The summed E-state index contributed by atoms with van der Waals surface area (Å²) in [6.45, 7) is 4.60. The first-order valence-electron chi connectivity index (χ1n) is 37.8. The third kappa shape index (κ3) is 67.7. The first-order chi connectivity index (χ1) is 39.6. The molecule has 2 unspecified atom stereocenters. The van der Waals surface area contributed by atoms with Gasteiger partial charge in [0.15, 0.2) is 0 Å². The molecule has 0 aromatic heterocycles. The van der Waals surface area contributed by atoms with Crippen molar-refractivity contribution in [3.63, 3.8) is 0 Å². The van der Waals surface area contributed by atoms with Crippen LogP contribution in [0.2, 0.25) is 0 Å². The van der Waals surface area contributed by atoms with Crippen LogP contribution < -0.4 is 0 Å². The summed E-state index contributed by atoms with van der Waals surface area (Å²) in [5, 5.41) is 20.5. The van der Waals surface area contributed by atoms with Crippen LogP contribution in [0.5, 0.6) is 0 Å². The summed E-state index contributed by atoms with van der Waals surface area (Å²) in [6, 6.07) is 0. The molecule has 0 amide bonds. The summed E-state index contributed by atoms with van der Waals surface area (Å²) in [4.78, 5) is 11.9. The Morgan fingerprint density at radius 3 is 0.562 bits per heavy atom. The molecule has 0 aromatic carbocycles. The number of aliphatic carboxylic acids is 1. The number of rotatable bonds is 72. The van der Waals surface area contributed by atoms with Gasteiger partial charge >= 0.3 is 5.97 Å². The molecule has 476 valence electrons. The van der Waals surface area contributed by atoms with Crippen molar-refractivity contribution >= 4 is 5.97 Å². The molecule has 3 nitrogen and oxygen atoms in total. The van der Waals surface area contributed by atoms with Crippen molar-refractivity contribution in [1.82, 2.24) is 0 Å². The maximum Gasteiger partial charge on any atom is 0.309 e. The fourth-order valence-electron chi connectivity index (χ4n) is 12.6. The number of carboxylic acid groups (broad SMARTS) is 1. The van der Waals surface area contributed by atoms with E-state index in [9.17, 15) is 15.0 Å². The Morgan fingerprint density at radius 2 is 0.388 bits per heavy atom. The summed E-state index contributed by atoms with van der Waals surface area (Å²) in [5.74, 6) is -1.39. The second-order valence-corrected chi connectivity index (χ2v) is 26.4. The molecule has 0 fully saturated rings. The van der Waals surface area contributed by atoms with Crippen molar-refractivity contribution in [2.75, 3.05) is 0 Å². The van der Waals surface area contributed by atoms with E-state index >= 15 is 0 Å². The third-order valence-corrected chi connectivity index (χ3v) is 18.3. The summed E-state index contributed by atoms with van der Waals surface area (Å²) in [6.07, 6.45) is 102. The van der Waals surface area contributed by atoms with Crippen LogP contribution in [0.3, 0.4) is 0 Å². The summed E-state index contributed by atoms with van der Waals surface area (Å²) < 4.78 is 0. The van der Waals surface area contributed by atoms with Gasteiger partial charge in [-0.05, 0) is 64.2 Å². The minimum atomic E-state index is -0.801. The van der Waals surface area contributed by atoms with Crippen LogP contribution in [0, 0.1) is 5.92 Å². The van der Waals surface area contributed by atoms with Gasteiger partial charge in [-0.25, -0.2) is 0 Å². The highest BCUT2D eigenvalue weighted by Gasteiger charge is 2.25. The van der Waals surface area contributed by atoms with Gasteiger partial charge in [-0.3, -0.25) is 4.79 Å². The fraction of sp³-hybridized carbons (Fsp3) is 0.935. The molecular weight excluding hydrogens is 973 g/mol. The van der Waals surface area contributed by atoms with E-state index < -0.39 is 18.0 Å². The van der Waals surface area contributed by atoms with Crippen molar-refractivity contribution in [2.45, 2.75) is 457 Å². The predicted octanol–water partition coefficient (Wildman–Crippen LogP) is 27.7. The van der Waals surface area contributed by atoms with Crippen molar-refractivity contribution in [3.05, 3.63) is 24.3 Å². The van der Waals surface area contributed by atoms with Crippen molar-refractivity contribution in [3.8, 4) is 0 Å². The zero-order chi connectivity index (χ0) is 57.6. The lowest BCUT2D eigenvalue weighted by molar-refractivity contribution is -0.146. The first kappa shape index (κ1) is 78.9. The van der Waals surface area contributed by atoms with Crippen molar-refractivity contribution in [2.24, 2.45) is 5.92 Å². The van der Waals surface area contributed by atoms with Crippen LogP contribution in [0.4, 0.5) is 0 Å². The number of allylic oxidation sites excluding steroid dienone is 4. The number of carbonyl (C=O) groups is 1. The number of carboxylic acids is 1. The molecule has 0 rings (SSSR count). The molecule has 0 aliphatic carbocycles. The summed E-state index contributed by atoms with van der Waals surface area (Å²) >= 11 is 0. The van der Waals surface area contributed by atoms with Gasteiger partial charge in [0.2, 0.25) is 0 Å². The highest BCUT2D eigenvalue weighted by atomic mass is 16.4. The fourth-order valence-corrected chi connectivity index (χ4v) is 12.6. The molecule has 0 aliphatic heterocycles. The van der Waals surface area contributed by atoms with Crippen LogP contribution in [-0.4, -0.2) is 22.3 Å². The third-order valence-electron chi connectivity index (χ3n) is 18.3. The smallest absolute Gasteiger partial charge is 0.309 e. The molecule has 0 heterocycles. The van der Waals surface area contributed by atoms with Crippen LogP contribution >= 0.6 is 0 Å². The SMILES string of the molecule is CCCCCCCCCCCCCCCCCC/C=C\CCCCCCCCCCCCC/C=C/CCCCCCCCCCCCCCCCCC(O)C(CCCCCCCCCCCCCCCCCCCCCC)C(=O)O. The molecule has 80 heavy (non-hydrogen) atoms. The molecule has 0 spiro atoms. The van der Waals surface area contributed by atoms with Gasteiger partial charge < -0.3 is 10.2 Å². The van der Waals surface area contributed by atoms with Crippen LogP contribution in [-0.2, 0) is 4.79 Å². The molecule has 0 saturated carbocycles. The predicted molar refractivity (Wildman–Crippen MR) is 361 cm³/mol. The Hall–Kier alpha value is -1.09. The average molecular weight is 1120 g/mol. The van der Waals surface area contributed by atoms with Gasteiger partial charge in [-0.1, -0.05) is 411 Å². The van der Waals surface area contributed by atoms with E-state index in [1.165, 1.54) is 398 Å². The molecule has 2 atom stereocenters. The number of unbranched alkanes of at least 4 members (excludes halogenated alkanes) is 62. The zero-order valence-electron chi connectivity index (χ0n) is 55.4. The Balaban J connectivity index is 3.33. The van der Waals surface area contributed by atoms with Crippen molar-refractivity contribution < 1.29 is 15.0 Å². The van der Waals surface area contributed by atoms with E-state index in [0.717, 1.165) is 25.7 Å². The van der Waals surface area contributed by atoms with Gasteiger partial charge in [-0.15, -0.1) is 0 Å². The number of hydrogen-bond acceptors (Lipinski definition) is 2. The topological polar surface area (TPSA) is 57.5 Å². The van der Waals surface area contributed by atoms with E-state index in [4.69, 9.17) is 0 Å². The normalized spacial score (nSPS) is 12.7. The van der Waals surface area contributed by atoms with Gasteiger partial charge in [0.25, 0.3) is 0 Å². The maximum atomic E-state index is 11.9. The van der Waals surface area contributed by atoms with Crippen LogP contribution in [0.15, 0.2) is 24.3 Å². The lowest BCUT2D eigenvalue weighted by Gasteiger charge is -2.19. The van der Waals surface area contributed by atoms with Crippen LogP contribution in [0.25, 0.3) is 0 Å². The van der Waals surface area contributed by atoms with E-state index in [2.05, 4.69) is 38.2 Å². The number of aliphatic hydroxyl groups is 1. The van der Waals surface area contributed by atoms with Gasteiger partial charge in [0, 0.05) is 0 Å². The molecule has 0 bridgehead atoms. The highest BCUT2D eigenvalue weighted by molar-refractivity contribution is 5.70. The molecule has 0 saturated heterocycles. The van der Waals surface area contributed by atoms with Gasteiger partial charge in [0.05, 0.1) is 12.0 Å². The lowest BCUT2D eigenvalue weighted by Crippen LogP contribution is -2.28. The highest BCUT2D eigenvalue weighted by Crippen LogP contribution is 2.23. The molecular formula is C77H150O3. The molecule has 2 N–H and O–H groups in total. The molecule has 3 heteroatoms. The molecule has 0 aromatic rings. The summed E-state index contributed by atoms with van der Waals surface area (Å²) in [5.41, 5.74) is 0. The van der Waals surface area contributed by atoms with E-state index in [-0.39, 0.29) is 0 Å². The quantitative estimate of drug-likeness (QED) is 0.0471.